The number of methoxy groups -OCH3 is 1. The zero-order valence-corrected chi connectivity index (χ0v) is 12.6. The first-order chi connectivity index (χ1) is 10.6. The molecule has 0 saturated heterocycles. The van der Waals surface area contributed by atoms with Crippen LogP contribution in [0.15, 0.2) is 48.7 Å². The quantitative estimate of drug-likeness (QED) is 0.750. The first-order valence-corrected chi connectivity index (χ1v) is 6.83. The van der Waals surface area contributed by atoms with Gasteiger partial charge in [-0.15, -0.1) is 0 Å². The Balaban J connectivity index is 1.91. The van der Waals surface area contributed by atoms with Crippen molar-refractivity contribution in [3.8, 4) is 11.5 Å². The molecule has 0 atom stereocenters. The van der Waals surface area contributed by atoms with Crippen LogP contribution in [0.2, 0.25) is 5.02 Å². The highest BCUT2D eigenvalue weighted by Gasteiger charge is 2.05. The zero-order chi connectivity index (χ0) is 15.9. The number of halogens is 1. The van der Waals surface area contributed by atoms with Crippen molar-refractivity contribution in [3.63, 3.8) is 0 Å². The molecule has 5 nitrogen and oxygen atoms in total. The van der Waals surface area contributed by atoms with E-state index in [9.17, 15) is 9.90 Å². The van der Waals surface area contributed by atoms with E-state index in [1.807, 2.05) is 24.3 Å². The van der Waals surface area contributed by atoms with E-state index >= 15 is 0 Å². The Morgan fingerprint density at radius 1 is 1.23 bits per heavy atom. The van der Waals surface area contributed by atoms with Gasteiger partial charge >= 0.3 is 6.03 Å². The van der Waals surface area contributed by atoms with E-state index in [0.29, 0.717) is 5.02 Å². The lowest BCUT2D eigenvalue weighted by atomic mass is 10.2. The van der Waals surface area contributed by atoms with Gasteiger partial charge in [-0.05, 0) is 42.0 Å². The third kappa shape index (κ3) is 4.43. The summed E-state index contributed by atoms with van der Waals surface area (Å²) in [5, 5.41) is 15.1. The molecule has 3 N–H and O–H groups in total. The molecule has 0 heterocycles. The zero-order valence-electron chi connectivity index (χ0n) is 11.8. The number of benzene rings is 2. The topological polar surface area (TPSA) is 70.6 Å². The van der Waals surface area contributed by atoms with Crippen LogP contribution in [-0.2, 0) is 0 Å². The minimum absolute atomic E-state index is 0.0568. The number of hydrogen-bond donors (Lipinski definition) is 3. The molecular weight excluding hydrogens is 304 g/mol. The maximum atomic E-state index is 11.7. The Morgan fingerprint density at radius 2 is 1.95 bits per heavy atom. The Hall–Kier alpha value is -2.66. The van der Waals surface area contributed by atoms with Crippen molar-refractivity contribution in [1.29, 1.82) is 0 Å². The highest BCUT2D eigenvalue weighted by Crippen LogP contribution is 2.26. The normalized spacial score (nSPS) is 10.5. The lowest BCUT2D eigenvalue weighted by Crippen LogP contribution is -2.23. The van der Waals surface area contributed by atoms with Crippen LogP contribution in [-0.4, -0.2) is 18.2 Å². The summed E-state index contributed by atoms with van der Waals surface area (Å²) in [6.45, 7) is 0. The molecule has 2 aromatic carbocycles. The number of hydrogen-bond acceptors (Lipinski definition) is 3. The average Bonchev–Trinajstić information content (AvgIpc) is 2.51. The van der Waals surface area contributed by atoms with E-state index in [1.54, 1.807) is 13.2 Å². The van der Waals surface area contributed by atoms with E-state index in [-0.39, 0.29) is 11.4 Å². The van der Waals surface area contributed by atoms with Crippen molar-refractivity contribution in [2.45, 2.75) is 0 Å². The summed E-state index contributed by atoms with van der Waals surface area (Å²) in [7, 11) is 1.60. The van der Waals surface area contributed by atoms with E-state index in [2.05, 4.69) is 10.6 Å². The van der Waals surface area contributed by atoms with Crippen molar-refractivity contribution >= 4 is 29.4 Å². The van der Waals surface area contributed by atoms with Crippen molar-refractivity contribution in [3.05, 3.63) is 59.3 Å². The number of rotatable bonds is 4. The maximum Gasteiger partial charge on any atom is 0.323 e. The van der Waals surface area contributed by atoms with Gasteiger partial charge in [-0.3, -0.25) is 0 Å². The Labute approximate surface area is 133 Å². The number of phenols is 1. The number of phenolic OH excluding ortho intramolecular Hbond substituents is 1. The molecule has 0 aromatic heterocycles. The van der Waals surface area contributed by atoms with Gasteiger partial charge in [0, 0.05) is 11.2 Å². The third-order valence-corrected chi connectivity index (χ3v) is 3.05. The molecule has 2 rings (SSSR count). The van der Waals surface area contributed by atoms with Crippen molar-refractivity contribution in [2.24, 2.45) is 0 Å². The van der Waals surface area contributed by atoms with Gasteiger partial charge in [0.2, 0.25) is 0 Å². The van der Waals surface area contributed by atoms with E-state index in [0.717, 1.165) is 11.3 Å². The fourth-order valence-electron chi connectivity index (χ4n) is 1.70. The number of amides is 2. The molecule has 2 amide bonds. The molecule has 0 fully saturated rings. The molecular formula is C16H15ClN2O3. The predicted molar refractivity (Wildman–Crippen MR) is 87.3 cm³/mol. The molecule has 0 unspecified atom stereocenters. The summed E-state index contributed by atoms with van der Waals surface area (Å²) in [5.41, 5.74) is 1.15. The Bertz CT molecular complexity index is 684. The van der Waals surface area contributed by atoms with Gasteiger partial charge in [0.25, 0.3) is 0 Å². The number of urea groups is 1. The van der Waals surface area contributed by atoms with Crippen LogP contribution in [0, 0.1) is 0 Å². The molecule has 0 aliphatic carbocycles. The number of carbonyl (C=O) groups is 1. The fourth-order valence-corrected chi connectivity index (χ4v) is 1.87. The molecule has 0 aliphatic heterocycles. The van der Waals surface area contributed by atoms with Crippen molar-refractivity contribution < 1.29 is 14.6 Å². The highest BCUT2D eigenvalue weighted by atomic mass is 35.5. The van der Waals surface area contributed by atoms with Crippen LogP contribution in [0.4, 0.5) is 10.5 Å². The molecule has 0 spiro atoms. The highest BCUT2D eigenvalue weighted by molar-refractivity contribution is 6.31. The number of nitrogens with one attached hydrogen (secondary N) is 2. The van der Waals surface area contributed by atoms with Gasteiger partial charge in [0.05, 0.1) is 12.8 Å². The molecule has 22 heavy (non-hydrogen) atoms. The second kappa shape index (κ2) is 7.38. The van der Waals surface area contributed by atoms with Gasteiger partial charge in [-0.25, -0.2) is 4.79 Å². The standard InChI is InChI=1S/C16H15ClN2O3/c1-22-13-5-2-11(3-6-13)8-9-18-16(21)19-14-10-12(17)4-7-15(14)20/h2-10,20H,1H3,(H2,18,19,21)/b9-8+. The molecule has 0 radical (unpaired) electrons. The fraction of sp³-hybridized carbons (Fsp3) is 0.0625. The van der Waals surface area contributed by atoms with Crippen LogP contribution in [0.5, 0.6) is 11.5 Å². The third-order valence-electron chi connectivity index (χ3n) is 2.81. The van der Waals surface area contributed by atoms with Crippen LogP contribution in [0.1, 0.15) is 5.56 Å². The Morgan fingerprint density at radius 3 is 2.64 bits per heavy atom. The van der Waals surface area contributed by atoms with Gasteiger partial charge in [-0.1, -0.05) is 23.7 Å². The second-order valence-corrected chi connectivity index (χ2v) is 4.80. The van der Waals surface area contributed by atoms with E-state index < -0.39 is 6.03 Å². The first-order valence-electron chi connectivity index (χ1n) is 6.45. The number of aromatic hydroxyl groups is 1. The molecule has 0 saturated carbocycles. The summed E-state index contributed by atoms with van der Waals surface area (Å²) in [6.07, 6.45) is 3.23. The maximum absolute atomic E-state index is 11.7. The predicted octanol–water partition coefficient (Wildman–Crippen LogP) is 3.85. The molecule has 114 valence electrons. The average molecular weight is 319 g/mol. The largest absolute Gasteiger partial charge is 0.506 e. The van der Waals surface area contributed by atoms with Gasteiger partial charge in [-0.2, -0.15) is 0 Å². The van der Waals surface area contributed by atoms with Crippen molar-refractivity contribution in [2.75, 3.05) is 12.4 Å². The summed E-state index contributed by atoms with van der Waals surface area (Å²) in [4.78, 5) is 11.7. The number of carbonyl (C=O) groups excluding carboxylic acids is 1. The minimum atomic E-state index is -0.484. The number of ether oxygens (including phenoxy) is 1. The summed E-state index contributed by atoms with van der Waals surface area (Å²) >= 11 is 5.80. The molecule has 6 heteroatoms. The van der Waals surface area contributed by atoms with E-state index in [4.69, 9.17) is 16.3 Å². The second-order valence-electron chi connectivity index (χ2n) is 4.37. The van der Waals surface area contributed by atoms with Crippen LogP contribution < -0.4 is 15.4 Å². The lowest BCUT2D eigenvalue weighted by molar-refractivity contribution is 0.255. The van der Waals surface area contributed by atoms with Crippen LogP contribution >= 0.6 is 11.6 Å². The molecule has 0 bridgehead atoms. The number of anilines is 1. The summed E-state index contributed by atoms with van der Waals surface area (Å²) in [6, 6.07) is 11.3. The van der Waals surface area contributed by atoms with Gasteiger partial charge < -0.3 is 20.5 Å². The summed E-state index contributed by atoms with van der Waals surface area (Å²) in [5.74, 6) is 0.706. The Kier molecular flexibility index (Phi) is 5.27. The van der Waals surface area contributed by atoms with Gasteiger partial charge in [0.1, 0.15) is 11.5 Å². The molecule has 2 aromatic rings. The SMILES string of the molecule is COc1ccc(/C=C/NC(=O)Nc2cc(Cl)ccc2O)cc1. The smallest absolute Gasteiger partial charge is 0.323 e. The molecule has 0 aliphatic rings. The lowest BCUT2D eigenvalue weighted by Gasteiger charge is -2.07. The van der Waals surface area contributed by atoms with Crippen molar-refractivity contribution in [1.82, 2.24) is 5.32 Å². The van der Waals surface area contributed by atoms with Crippen LogP contribution in [0.3, 0.4) is 0 Å². The van der Waals surface area contributed by atoms with Gasteiger partial charge in [0.15, 0.2) is 0 Å². The first kappa shape index (κ1) is 15.7. The summed E-state index contributed by atoms with van der Waals surface area (Å²) < 4.78 is 5.06. The van der Waals surface area contributed by atoms with Crippen LogP contribution in [0.25, 0.3) is 6.08 Å². The minimum Gasteiger partial charge on any atom is -0.506 e. The monoisotopic (exact) mass is 318 g/mol. The van der Waals surface area contributed by atoms with E-state index in [1.165, 1.54) is 24.4 Å².